The standard InChI is InChI=1S/C33H31FO2/c1-3-7-25-15-20-31(21-16-25)36-33(35)30-19-18-29(32(34)23-30)17-14-26-10-12-27(13-11-26)22-24(2)28-8-5-4-6-9-28/h4-6,8-21,23-24H,3,7,22H2,1-2H3/b17-14+. The summed E-state index contributed by atoms with van der Waals surface area (Å²) in [7, 11) is 0. The number of ether oxygens (including phenoxy) is 1. The highest BCUT2D eigenvalue weighted by Crippen LogP contribution is 2.22. The molecular formula is C33H31FO2. The van der Waals surface area contributed by atoms with Crippen LogP contribution in [0.2, 0.25) is 0 Å². The molecule has 0 amide bonds. The van der Waals surface area contributed by atoms with E-state index in [4.69, 9.17) is 4.74 Å². The van der Waals surface area contributed by atoms with Gasteiger partial charge in [-0.2, -0.15) is 0 Å². The second-order valence-corrected chi connectivity index (χ2v) is 9.11. The van der Waals surface area contributed by atoms with Gasteiger partial charge in [-0.05, 0) is 65.3 Å². The lowest BCUT2D eigenvalue weighted by Crippen LogP contribution is -2.09. The van der Waals surface area contributed by atoms with E-state index >= 15 is 0 Å². The lowest BCUT2D eigenvalue weighted by atomic mass is 9.93. The van der Waals surface area contributed by atoms with Crippen LogP contribution in [-0.4, -0.2) is 5.97 Å². The van der Waals surface area contributed by atoms with Gasteiger partial charge in [-0.25, -0.2) is 9.18 Å². The maximum absolute atomic E-state index is 14.7. The van der Waals surface area contributed by atoms with E-state index in [1.807, 2.05) is 36.4 Å². The van der Waals surface area contributed by atoms with Gasteiger partial charge in [0.2, 0.25) is 0 Å². The number of hydrogen-bond donors (Lipinski definition) is 0. The molecule has 36 heavy (non-hydrogen) atoms. The minimum Gasteiger partial charge on any atom is -0.423 e. The molecule has 4 rings (SSSR count). The average molecular weight is 479 g/mol. The van der Waals surface area contributed by atoms with E-state index in [9.17, 15) is 9.18 Å². The molecule has 0 aliphatic carbocycles. The van der Waals surface area contributed by atoms with Crippen molar-refractivity contribution in [3.05, 3.63) is 136 Å². The molecule has 3 heteroatoms. The third-order valence-corrected chi connectivity index (χ3v) is 6.25. The van der Waals surface area contributed by atoms with Crippen LogP contribution in [0, 0.1) is 5.82 Å². The summed E-state index contributed by atoms with van der Waals surface area (Å²) in [5.41, 5.74) is 5.36. The number of benzene rings is 4. The first kappa shape index (κ1) is 25.1. The van der Waals surface area contributed by atoms with Gasteiger partial charge in [0.1, 0.15) is 11.6 Å². The maximum atomic E-state index is 14.7. The largest absolute Gasteiger partial charge is 0.423 e. The summed E-state index contributed by atoms with van der Waals surface area (Å²) in [6.45, 7) is 4.35. The first-order chi connectivity index (χ1) is 17.5. The smallest absolute Gasteiger partial charge is 0.343 e. The number of rotatable bonds is 9. The summed E-state index contributed by atoms with van der Waals surface area (Å²) in [5, 5.41) is 0. The second kappa shape index (κ2) is 12.1. The third-order valence-electron chi connectivity index (χ3n) is 6.25. The summed E-state index contributed by atoms with van der Waals surface area (Å²) < 4.78 is 20.1. The van der Waals surface area contributed by atoms with Crippen LogP contribution in [0.3, 0.4) is 0 Å². The van der Waals surface area contributed by atoms with Crippen molar-refractivity contribution in [1.82, 2.24) is 0 Å². The van der Waals surface area contributed by atoms with Gasteiger partial charge in [0.05, 0.1) is 5.56 Å². The highest BCUT2D eigenvalue weighted by atomic mass is 19.1. The molecule has 4 aromatic rings. The third kappa shape index (κ3) is 6.79. The Labute approximate surface area is 213 Å². The molecule has 0 fully saturated rings. The Bertz CT molecular complexity index is 1310. The van der Waals surface area contributed by atoms with Crippen LogP contribution >= 0.6 is 0 Å². The van der Waals surface area contributed by atoms with Crippen LogP contribution in [0.25, 0.3) is 12.2 Å². The van der Waals surface area contributed by atoms with Gasteiger partial charge < -0.3 is 4.74 Å². The first-order valence-electron chi connectivity index (χ1n) is 12.4. The van der Waals surface area contributed by atoms with Gasteiger partial charge in [-0.15, -0.1) is 0 Å². The SMILES string of the molecule is CCCc1ccc(OC(=O)c2ccc(/C=C/c3ccc(CC(C)c4ccccc4)cc3)c(F)c2)cc1. The molecule has 0 saturated carbocycles. The average Bonchev–Trinajstić information content (AvgIpc) is 2.90. The minimum atomic E-state index is -0.576. The maximum Gasteiger partial charge on any atom is 0.343 e. The zero-order valence-corrected chi connectivity index (χ0v) is 20.8. The van der Waals surface area contributed by atoms with Crippen molar-refractivity contribution in [1.29, 1.82) is 0 Å². The molecule has 0 bridgehead atoms. The lowest BCUT2D eigenvalue weighted by Gasteiger charge is -2.12. The van der Waals surface area contributed by atoms with E-state index in [-0.39, 0.29) is 5.56 Å². The fourth-order valence-corrected chi connectivity index (χ4v) is 4.17. The number of aryl methyl sites for hydroxylation is 1. The summed E-state index contributed by atoms with van der Waals surface area (Å²) in [4.78, 5) is 12.5. The van der Waals surface area contributed by atoms with Gasteiger partial charge in [-0.1, -0.05) is 105 Å². The molecule has 0 aliphatic heterocycles. The highest BCUT2D eigenvalue weighted by molar-refractivity contribution is 5.91. The van der Waals surface area contributed by atoms with Crippen LogP contribution in [0.5, 0.6) is 5.75 Å². The van der Waals surface area contributed by atoms with Gasteiger partial charge in [0, 0.05) is 5.56 Å². The summed E-state index contributed by atoms with van der Waals surface area (Å²) in [6, 6.07) is 30.6. The molecular weight excluding hydrogens is 447 g/mol. The van der Waals surface area contributed by atoms with E-state index in [1.165, 1.54) is 22.8 Å². The zero-order chi connectivity index (χ0) is 25.3. The van der Waals surface area contributed by atoms with Crippen molar-refractivity contribution < 1.29 is 13.9 Å². The summed E-state index contributed by atoms with van der Waals surface area (Å²) in [5.74, 6) is -0.154. The molecule has 1 atom stereocenters. The van der Waals surface area contributed by atoms with Crippen LogP contribution < -0.4 is 4.74 Å². The molecule has 0 radical (unpaired) electrons. The molecule has 2 nitrogen and oxygen atoms in total. The molecule has 0 N–H and O–H groups in total. The van der Waals surface area contributed by atoms with E-state index in [0.717, 1.165) is 24.8 Å². The summed E-state index contributed by atoms with van der Waals surface area (Å²) >= 11 is 0. The molecule has 0 saturated heterocycles. The topological polar surface area (TPSA) is 26.3 Å². The highest BCUT2D eigenvalue weighted by Gasteiger charge is 2.12. The molecule has 0 spiro atoms. The summed E-state index contributed by atoms with van der Waals surface area (Å²) in [6.07, 6.45) is 6.59. The fraction of sp³-hybridized carbons (Fsp3) is 0.182. The molecule has 0 heterocycles. The zero-order valence-electron chi connectivity index (χ0n) is 20.8. The molecule has 0 aromatic heterocycles. The lowest BCUT2D eigenvalue weighted by molar-refractivity contribution is 0.0734. The quantitative estimate of drug-likeness (QED) is 0.137. The van der Waals surface area contributed by atoms with Crippen LogP contribution in [0.15, 0.2) is 97.1 Å². The monoisotopic (exact) mass is 478 g/mol. The number of halogens is 1. The molecule has 0 aliphatic rings. The predicted octanol–water partition coefficient (Wildman–Crippen LogP) is 8.51. The molecule has 4 aromatic carbocycles. The van der Waals surface area contributed by atoms with Gasteiger partial charge in [0.25, 0.3) is 0 Å². The number of carbonyl (C=O) groups is 1. The van der Waals surface area contributed by atoms with Crippen LogP contribution in [0.4, 0.5) is 4.39 Å². The number of esters is 1. The number of hydrogen-bond acceptors (Lipinski definition) is 2. The Balaban J connectivity index is 1.36. The normalized spacial score (nSPS) is 12.0. The Morgan fingerprint density at radius 3 is 2.22 bits per heavy atom. The van der Waals surface area contributed by atoms with E-state index in [2.05, 4.69) is 50.2 Å². The van der Waals surface area contributed by atoms with Gasteiger partial charge in [-0.3, -0.25) is 0 Å². The minimum absolute atomic E-state index is 0.180. The number of carbonyl (C=O) groups excluding carboxylic acids is 1. The van der Waals surface area contributed by atoms with Crippen LogP contribution in [-0.2, 0) is 12.8 Å². The van der Waals surface area contributed by atoms with Crippen molar-refractivity contribution in [3.63, 3.8) is 0 Å². The Morgan fingerprint density at radius 2 is 1.56 bits per heavy atom. The van der Waals surface area contributed by atoms with Crippen molar-refractivity contribution in [2.24, 2.45) is 0 Å². The van der Waals surface area contributed by atoms with E-state index in [1.54, 1.807) is 30.3 Å². The predicted molar refractivity (Wildman–Crippen MR) is 146 cm³/mol. The first-order valence-corrected chi connectivity index (χ1v) is 12.4. The van der Waals surface area contributed by atoms with Gasteiger partial charge >= 0.3 is 5.97 Å². The molecule has 182 valence electrons. The van der Waals surface area contributed by atoms with Gasteiger partial charge in [0.15, 0.2) is 0 Å². The van der Waals surface area contributed by atoms with Crippen molar-refractivity contribution in [2.45, 2.75) is 39.0 Å². The Morgan fingerprint density at radius 1 is 0.861 bits per heavy atom. The van der Waals surface area contributed by atoms with E-state index in [0.29, 0.717) is 17.2 Å². The Kier molecular flexibility index (Phi) is 8.46. The second-order valence-electron chi connectivity index (χ2n) is 9.11. The van der Waals surface area contributed by atoms with Crippen LogP contribution in [0.1, 0.15) is 64.4 Å². The van der Waals surface area contributed by atoms with Crippen molar-refractivity contribution >= 4 is 18.1 Å². The van der Waals surface area contributed by atoms with E-state index < -0.39 is 11.8 Å². The Hall–Kier alpha value is -3.98. The van der Waals surface area contributed by atoms with Crippen molar-refractivity contribution in [2.75, 3.05) is 0 Å². The molecule has 1 unspecified atom stereocenters. The van der Waals surface area contributed by atoms with Crippen molar-refractivity contribution in [3.8, 4) is 5.75 Å². The fourth-order valence-electron chi connectivity index (χ4n) is 4.17.